The van der Waals surface area contributed by atoms with Crippen LogP contribution in [0.1, 0.15) is 16.8 Å². The monoisotopic (exact) mass is 319 g/mol. The average molecular weight is 319 g/mol. The minimum Gasteiger partial charge on any atom is -0.344 e. The molecule has 1 amide bonds. The van der Waals surface area contributed by atoms with Gasteiger partial charge < -0.3 is 14.8 Å². The van der Waals surface area contributed by atoms with E-state index in [1.807, 2.05) is 11.0 Å². The summed E-state index contributed by atoms with van der Waals surface area (Å²) in [5.74, 6) is 0.802. The quantitative estimate of drug-likeness (QED) is 0.749. The zero-order valence-electron chi connectivity index (χ0n) is 13.8. The first kappa shape index (κ1) is 14.1. The van der Waals surface area contributed by atoms with Crippen molar-refractivity contribution in [2.75, 3.05) is 19.6 Å². The first-order chi connectivity index (χ1) is 11.7. The van der Waals surface area contributed by atoms with Gasteiger partial charge in [-0.15, -0.1) is 0 Å². The summed E-state index contributed by atoms with van der Waals surface area (Å²) in [4.78, 5) is 15.0. The molecular formula is C20H21N3O. The molecule has 3 aromatic rings. The number of nitrogens with one attached hydrogen (secondary N) is 1. The molecule has 0 bridgehead atoms. The molecule has 1 aromatic heterocycles. The van der Waals surface area contributed by atoms with Crippen molar-refractivity contribution >= 4 is 27.7 Å². The molecule has 0 spiro atoms. The Kier molecular flexibility index (Phi) is 2.98. The Bertz CT molecular complexity index is 946. The van der Waals surface area contributed by atoms with Crippen molar-refractivity contribution in [1.29, 1.82) is 0 Å². The van der Waals surface area contributed by atoms with E-state index in [0.29, 0.717) is 12.0 Å². The third-order valence-corrected chi connectivity index (χ3v) is 5.81. The molecule has 2 saturated heterocycles. The number of para-hydroxylation sites is 1. The number of fused-ring (bicyclic) bond motifs is 4. The standard InChI is InChI=1S/C20H21N3O/c1-22-18-5-3-2-4-15(18)16-10-13(6-7-19(16)22)20(24)23-11-14-8-9-21-17(14)12-23/h2-7,10,14,17,21H,8-9,11-12H2,1H3. The topological polar surface area (TPSA) is 37.3 Å². The zero-order chi connectivity index (χ0) is 16.3. The first-order valence-electron chi connectivity index (χ1n) is 8.72. The number of nitrogens with zero attached hydrogens (tertiary/aromatic N) is 2. The van der Waals surface area contributed by atoms with Gasteiger partial charge in [-0.2, -0.15) is 0 Å². The lowest BCUT2D eigenvalue weighted by molar-refractivity contribution is 0.0783. The third kappa shape index (κ3) is 1.93. The maximum Gasteiger partial charge on any atom is 0.253 e. The molecular weight excluding hydrogens is 298 g/mol. The highest BCUT2D eigenvalue weighted by Gasteiger charge is 2.38. The summed E-state index contributed by atoms with van der Waals surface area (Å²) in [5, 5.41) is 5.89. The van der Waals surface area contributed by atoms with E-state index in [9.17, 15) is 4.79 Å². The Labute approximate surface area is 141 Å². The molecule has 1 N–H and O–H groups in total. The molecule has 0 aliphatic carbocycles. The second-order valence-electron chi connectivity index (χ2n) is 7.13. The van der Waals surface area contributed by atoms with Gasteiger partial charge in [-0.05, 0) is 43.1 Å². The molecule has 3 heterocycles. The van der Waals surface area contributed by atoms with E-state index in [2.05, 4.69) is 53.3 Å². The zero-order valence-corrected chi connectivity index (χ0v) is 13.8. The number of amides is 1. The number of carbonyl (C=O) groups excluding carboxylic acids is 1. The summed E-state index contributed by atoms with van der Waals surface area (Å²) >= 11 is 0. The van der Waals surface area contributed by atoms with Gasteiger partial charge in [0.15, 0.2) is 0 Å². The van der Waals surface area contributed by atoms with Gasteiger partial charge in [0.25, 0.3) is 5.91 Å². The Morgan fingerprint density at radius 1 is 1.08 bits per heavy atom. The molecule has 24 heavy (non-hydrogen) atoms. The maximum absolute atomic E-state index is 13.0. The van der Waals surface area contributed by atoms with Gasteiger partial charge in [0.05, 0.1) is 0 Å². The van der Waals surface area contributed by atoms with Gasteiger partial charge >= 0.3 is 0 Å². The SMILES string of the molecule is Cn1c2ccccc2c2cc(C(=O)N3CC4CCNC4C3)ccc21. The maximum atomic E-state index is 13.0. The molecule has 2 unspecified atom stereocenters. The average Bonchev–Trinajstić information content (AvgIpc) is 3.28. The van der Waals surface area contributed by atoms with Crippen molar-refractivity contribution < 1.29 is 4.79 Å². The fourth-order valence-corrected chi connectivity index (χ4v) is 4.50. The van der Waals surface area contributed by atoms with Gasteiger partial charge in [0.1, 0.15) is 0 Å². The third-order valence-electron chi connectivity index (χ3n) is 5.81. The Morgan fingerprint density at radius 2 is 1.92 bits per heavy atom. The van der Waals surface area contributed by atoms with Gasteiger partial charge in [-0.1, -0.05) is 18.2 Å². The number of hydrogen-bond donors (Lipinski definition) is 1. The van der Waals surface area contributed by atoms with Crippen molar-refractivity contribution in [2.24, 2.45) is 13.0 Å². The lowest BCUT2D eigenvalue weighted by Crippen LogP contribution is -2.33. The fourth-order valence-electron chi connectivity index (χ4n) is 4.50. The number of benzene rings is 2. The largest absolute Gasteiger partial charge is 0.344 e. The van der Waals surface area contributed by atoms with Crippen LogP contribution in [0.2, 0.25) is 0 Å². The smallest absolute Gasteiger partial charge is 0.253 e. The highest BCUT2D eigenvalue weighted by Crippen LogP contribution is 2.30. The second-order valence-corrected chi connectivity index (χ2v) is 7.13. The Hall–Kier alpha value is -2.33. The van der Waals surface area contributed by atoms with Crippen LogP contribution in [0.25, 0.3) is 21.8 Å². The number of hydrogen-bond acceptors (Lipinski definition) is 2. The van der Waals surface area contributed by atoms with Gasteiger partial charge in [0, 0.05) is 53.5 Å². The molecule has 2 aromatic carbocycles. The predicted octanol–water partition coefficient (Wildman–Crippen LogP) is 2.77. The Morgan fingerprint density at radius 3 is 2.79 bits per heavy atom. The lowest BCUT2D eigenvalue weighted by Gasteiger charge is -2.17. The van der Waals surface area contributed by atoms with Crippen LogP contribution < -0.4 is 5.32 Å². The van der Waals surface area contributed by atoms with Crippen LogP contribution in [-0.2, 0) is 7.05 Å². The molecule has 4 heteroatoms. The second kappa shape index (κ2) is 5.08. The van der Waals surface area contributed by atoms with Crippen LogP contribution in [0, 0.1) is 5.92 Å². The molecule has 2 aliphatic rings. The number of aryl methyl sites for hydroxylation is 1. The van der Waals surface area contributed by atoms with Gasteiger partial charge in [0.2, 0.25) is 0 Å². The minimum absolute atomic E-state index is 0.168. The van der Waals surface area contributed by atoms with Gasteiger partial charge in [-0.3, -0.25) is 4.79 Å². The summed E-state index contributed by atoms with van der Waals surface area (Å²) in [5.41, 5.74) is 3.18. The molecule has 2 fully saturated rings. The van der Waals surface area contributed by atoms with E-state index < -0.39 is 0 Å². The van der Waals surface area contributed by atoms with E-state index >= 15 is 0 Å². The molecule has 0 radical (unpaired) electrons. The lowest BCUT2D eigenvalue weighted by atomic mass is 10.1. The first-order valence-corrected chi connectivity index (χ1v) is 8.72. The molecule has 2 atom stereocenters. The van der Waals surface area contributed by atoms with Crippen LogP contribution in [0.3, 0.4) is 0 Å². The van der Waals surface area contributed by atoms with E-state index in [0.717, 1.165) is 30.6 Å². The summed E-state index contributed by atoms with van der Waals surface area (Å²) in [6.07, 6.45) is 1.19. The van der Waals surface area contributed by atoms with E-state index in [1.165, 1.54) is 22.8 Å². The molecule has 4 nitrogen and oxygen atoms in total. The van der Waals surface area contributed by atoms with Crippen molar-refractivity contribution in [3.05, 3.63) is 48.0 Å². The summed E-state index contributed by atoms with van der Waals surface area (Å²) < 4.78 is 2.20. The predicted molar refractivity (Wildman–Crippen MR) is 96.2 cm³/mol. The van der Waals surface area contributed by atoms with Crippen LogP contribution >= 0.6 is 0 Å². The summed E-state index contributed by atoms with van der Waals surface area (Å²) in [7, 11) is 2.08. The van der Waals surface area contributed by atoms with Crippen LogP contribution in [0.15, 0.2) is 42.5 Å². The van der Waals surface area contributed by atoms with Crippen LogP contribution in [-0.4, -0.2) is 41.1 Å². The molecule has 0 saturated carbocycles. The van der Waals surface area contributed by atoms with Crippen molar-refractivity contribution in [2.45, 2.75) is 12.5 Å². The Balaban J connectivity index is 1.55. The summed E-state index contributed by atoms with van der Waals surface area (Å²) in [6, 6.07) is 15.0. The number of rotatable bonds is 1. The van der Waals surface area contributed by atoms with E-state index in [1.54, 1.807) is 0 Å². The highest BCUT2D eigenvalue weighted by molar-refractivity contribution is 6.10. The molecule has 2 aliphatic heterocycles. The molecule has 122 valence electrons. The van der Waals surface area contributed by atoms with Crippen molar-refractivity contribution in [3.63, 3.8) is 0 Å². The number of aromatic nitrogens is 1. The summed E-state index contributed by atoms with van der Waals surface area (Å²) in [6.45, 7) is 2.83. The van der Waals surface area contributed by atoms with E-state index in [4.69, 9.17) is 0 Å². The minimum atomic E-state index is 0.168. The fraction of sp³-hybridized carbons (Fsp3) is 0.350. The van der Waals surface area contributed by atoms with E-state index in [-0.39, 0.29) is 5.91 Å². The highest BCUT2D eigenvalue weighted by atomic mass is 16.2. The van der Waals surface area contributed by atoms with Crippen molar-refractivity contribution in [1.82, 2.24) is 14.8 Å². The van der Waals surface area contributed by atoms with Crippen LogP contribution in [0.4, 0.5) is 0 Å². The molecule has 5 rings (SSSR count). The van der Waals surface area contributed by atoms with Crippen LogP contribution in [0.5, 0.6) is 0 Å². The number of carbonyl (C=O) groups is 1. The van der Waals surface area contributed by atoms with Crippen molar-refractivity contribution in [3.8, 4) is 0 Å². The van der Waals surface area contributed by atoms with Gasteiger partial charge in [-0.25, -0.2) is 0 Å². The normalized spacial score (nSPS) is 23.3. The number of likely N-dealkylation sites (tertiary alicyclic amines) is 1.